The zero-order valence-corrected chi connectivity index (χ0v) is 20.1. The number of amides is 1. The predicted molar refractivity (Wildman–Crippen MR) is 128 cm³/mol. The van der Waals surface area contributed by atoms with Gasteiger partial charge in [0.25, 0.3) is 0 Å². The summed E-state index contributed by atoms with van der Waals surface area (Å²) in [6.45, 7) is 4.43. The number of nitrogens with one attached hydrogen (secondary N) is 1. The molecule has 1 aliphatic rings. The summed E-state index contributed by atoms with van der Waals surface area (Å²) in [6.07, 6.45) is 0.849. The maximum Gasteiger partial charge on any atom is 0.308 e. The first-order valence-corrected chi connectivity index (χ1v) is 13.2. The monoisotopic (exact) mass is 491 g/mol. The Morgan fingerprint density at radius 3 is 2.45 bits per heavy atom. The van der Waals surface area contributed by atoms with Crippen LogP contribution in [0.1, 0.15) is 38.3 Å². The number of rotatable bonds is 6. The van der Waals surface area contributed by atoms with Gasteiger partial charge in [-0.3, -0.25) is 14.2 Å². The molecule has 1 saturated heterocycles. The highest BCUT2D eigenvalue weighted by atomic mass is 32.2. The van der Waals surface area contributed by atoms with Crippen LogP contribution in [0, 0.1) is 11.7 Å². The van der Waals surface area contributed by atoms with Gasteiger partial charge in [0.15, 0.2) is 0 Å². The number of benzene rings is 2. The van der Waals surface area contributed by atoms with Gasteiger partial charge in [-0.1, -0.05) is 23.5 Å². The molecule has 0 spiro atoms. The van der Waals surface area contributed by atoms with Gasteiger partial charge < -0.3 is 5.32 Å². The van der Waals surface area contributed by atoms with Gasteiger partial charge in [-0.2, -0.15) is 0 Å². The molecular weight excluding hydrogens is 465 g/mol. The molecular formula is C23H26FN3O4S2. The molecule has 1 amide bonds. The molecule has 2 aromatic carbocycles. The van der Waals surface area contributed by atoms with E-state index < -0.39 is 15.8 Å². The molecule has 2 heterocycles. The summed E-state index contributed by atoms with van der Waals surface area (Å²) in [6, 6.07) is 10.9. The number of nitrogens with zero attached hydrogens (tertiary/aromatic N) is 2. The molecule has 0 radical (unpaired) electrons. The van der Waals surface area contributed by atoms with Crippen LogP contribution in [0.25, 0.3) is 10.2 Å². The van der Waals surface area contributed by atoms with Crippen LogP contribution in [-0.2, 0) is 20.6 Å². The summed E-state index contributed by atoms with van der Waals surface area (Å²) in [5.74, 6) is -1.05. The van der Waals surface area contributed by atoms with Crippen molar-refractivity contribution in [1.29, 1.82) is 0 Å². The Morgan fingerprint density at radius 2 is 1.82 bits per heavy atom. The van der Waals surface area contributed by atoms with Gasteiger partial charge in [-0.05, 0) is 62.6 Å². The zero-order valence-electron chi connectivity index (χ0n) is 18.5. The van der Waals surface area contributed by atoms with Crippen LogP contribution in [0.2, 0.25) is 0 Å². The van der Waals surface area contributed by atoms with Crippen LogP contribution in [0.4, 0.5) is 10.1 Å². The third-order valence-corrected chi connectivity index (χ3v) is 8.65. The smallest absolute Gasteiger partial charge is 0.308 e. The number of fused-ring (bicyclic) bond motifs is 1. The molecule has 4 rings (SSSR count). The molecule has 1 aromatic heterocycles. The summed E-state index contributed by atoms with van der Waals surface area (Å²) in [4.78, 5) is 25.0. The molecule has 3 aromatic rings. The molecule has 7 nitrogen and oxygen atoms in total. The third-order valence-electron chi connectivity index (χ3n) is 5.88. The van der Waals surface area contributed by atoms with Crippen molar-refractivity contribution in [3.05, 3.63) is 63.5 Å². The molecule has 1 fully saturated rings. The minimum absolute atomic E-state index is 0.0299. The molecule has 176 valence electrons. The molecule has 0 aliphatic carbocycles. The van der Waals surface area contributed by atoms with Crippen molar-refractivity contribution >= 4 is 43.2 Å². The molecule has 10 heteroatoms. The van der Waals surface area contributed by atoms with Gasteiger partial charge in [0.2, 0.25) is 15.9 Å². The topological polar surface area (TPSA) is 88.5 Å². The first kappa shape index (κ1) is 23.6. The molecule has 33 heavy (non-hydrogen) atoms. The number of hydrogen-bond donors (Lipinski definition) is 1. The number of hydrogen-bond acceptors (Lipinski definition) is 5. The van der Waals surface area contributed by atoms with Crippen molar-refractivity contribution in [3.8, 4) is 0 Å². The van der Waals surface area contributed by atoms with E-state index in [2.05, 4.69) is 5.32 Å². The fourth-order valence-electron chi connectivity index (χ4n) is 4.13. The Bertz CT molecular complexity index is 1320. The molecule has 0 bridgehead atoms. The average Bonchev–Trinajstić information content (AvgIpc) is 3.10. The van der Waals surface area contributed by atoms with Crippen molar-refractivity contribution in [2.24, 2.45) is 5.92 Å². The second kappa shape index (κ2) is 9.36. The van der Waals surface area contributed by atoms with E-state index in [0.717, 1.165) is 21.6 Å². The summed E-state index contributed by atoms with van der Waals surface area (Å²) in [5.41, 5.74) is 1.99. The van der Waals surface area contributed by atoms with E-state index in [1.807, 2.05) is 19.9 Å². The van der Waals surface area contributed by atoms with Crippen molar-refractivity contribution in [2.45, 2.75) is 38.5 Å². The number of aromatic nitrogens is 1. The zero-order chi connectivity index (χ0) is 23.8. The van der Waals surface area contributed by atoms with E-state index in [-0.39, 0.29) is 41.6 Å². The lowest BCUT2D eigenvalue weighted by Crippen LogP contribution is -2.41. The number of sulfonamides is 1. The van der Waals surface area contributed by atoms with E-state index in [1.165, 1.54) is 28.6 Å². The second-order valence-electron chi connectivity index (χ2n) is 8.56. The van der Waals surface area contributed by atoms with E-state index >= 15 is 0 Å². The number of carbonyl (C=O) groups is 1. The van der Waals surface area contributed by atoms with Crippen LogP contribution in [0.15, 0.2) is 47.3 Å². The molecule has 1 N–H and O–H groups in total. The summed E-state index contributed by atoms with van der Waals surface area (Å²) in [5, 5.41) is 2.91. The lowest BCUT2D eigenvalue weighted by atomic mass is 9.97. The Kier molecular flexibility index (Phi) is 6.69. The summed E-state index contributed by atoms with van der Waals surface area (Å²) >= 11 is 1.15. The van der Waals surface area contributed by atoms with Gasteiger partial charge in [0.1, 0.15) is 5.82 Å². The van der Waals surface area contributed by atoms with Crippen LogP contribution in [0.3, 0.4) is 0 Å². The van der Waals surface area contributed by atoms with Crippen LogP contribution < -0.4 is 10.2 Å². The molecule has 1 aliphatic heterocycles. The van der Waals surface area contributed by atoms with Crippen LogP contribution in [-0.4, -0.2) is 36.3 Å². The largest absolute Gasteiger partial charge is 0.326 e. The minimum Gasteiger partial charge on any atom is -0.326 e. The summed E-state index contributed by atoms with van der Waals surface area (Å²) < 4.78 is 42.4. The van der Waals surface area contributed by atoms with Crippen molar-refractivity contribution in [1.82, 2.24) is 8.87 Å². The summed E-state index contributed by atoms with van der Waals surface area (Å²) in [7, 11) is -3.54. The highest BCUT2D eigenvalue weighted by Gasteiger charge is 2.31. The Balaban J connectivity index is 1.37. The van der Waals surface area contributed by atoms with Gasteiger partial charge in [-0.25, -0.2) is 17.1 Å². The molecule has 0 saturated carbocycles. The maximum atomic E-state index is 13.1. The standard InChI is InChI=1S/C23H26FN3O4S2/c1-15(2)27-20-8-7-19(13-21(20)32-23(27)29)25-22(28)17-9-11-26(12-10-17)33(30,31)14-16-3-5-18(24)6-4-16/h3-8,13,15,17H,9-12,14H2,1-2H3,(H,25,28). The van der Waals surface area contributed by atoms with Gasteiger partial charge in [-0.15, -0.1) is 0 Å². The molecule has 0 atom stereocenters. The second-order valence-corrected chi connectivity index (χ2v) is 11.5. The van der Waals surface area contributed by atoms with E-state index in [1.54, 1.807) is 16.7 Å². The van der Waals surface area contributed by atoms with Crippen molar-refractivity contribution in [2.75, 3.05) is 18.4 Å². The number of anilines is 1. The number of halogens is 1. The van der Waals surface area contributed by atoms with E-state index in [0.29, 0.717) is 24.1 Å². The average molecular weight is 492 g/mol. The van der Waals surface area contributed by atoms with Crippen LogP contribution >= 0.6 is 11.3 Å². The maximum absolute atomic E-state index is 13.1. The fraction of sp³-hybridized carbons (Fsp3) is 0.391. The Hall–Kier alpha value is -2.56. The first-order chi connectivity index (χ1) is 15.6. The van der Waals surface area contributed by atoms with Crippen LogP contribution in [0.5, 0.6) is 0 Å². The molecule has 0 unspecified atom stereocenters. The predicted octanol–water partition coefficient (Wildman–Crippen LogP) is 3.96. The van der Waals surface area contributed by atoms with E-state index in [4.69, 9.17) is 0 Å². The fourth-order valence-corrected chi connectivity index (χ4v) is 6.74. The number of piperidine rings is 1. The highest BCUT2D eigenvalue weighted by molar-refractivity contribution is 7.88. The van der Waals surface area contributed by atoms with Gasteiger partial charge >= 0.3 is 4.87 Å². The Morgan fingerprint density at radius 1 is 1.15 bits per heavy atom. The van der Waals surface area contributed by atoms with Gasteiger partial charge in [0.05, 0.1) is 16.0 Å². The van der Waals surface area contributed by atoms with Gasteiger partial charge in [0, 0.05) is 30.7 Å². The SMILES string of the molecule is CC(C)n1c(=O)sc2cc(NC(=O)C3CCN(S(=O)(=O)Cc4ccc(F)cc4)CC3)ccc21. The lowest BCUT2D eigenvalue weighted by molar-refractivity contribution is -0.120. The normalized spacial score (nSPS) is 15.9. The first-order valence-electron chi connectivity index (χ1n) is 10.8. The van der Waals surface area contributed by atoms with Crippen molar-refractivity contribution in [3.63, 3.8) is 0 Å². The Labute approximate surface area is 195 Å². The van der Waals surface area contributed by atoms with E-state index in [9.17, 15) is 22.4 Å². The highest BCUT2D eigenvalue weighted by Crippen LogP contribution is 2.26. The lowest BCUT2D eigenvalue weighted by Gasteiger charge is -2.30. The number of carbonyl (C=O) groups excluding carboxylic acids is 1. The quantitative estimate of drug-likeness (QED) is 0.565. The van der Waals surface area contributed by atoms with Crippen molar-refractivity contribution < 1.29 is 17.6 Å². The number of thiazole rings is 1. The minimum atomic E-state index is -3.54. The third kappa shape index (κ3) is 5.18.